The SMILES string of the molecule is CCCCCCCCCCCCCCCCC(C)C(C)(C)P.I. The molecular weight excluding hydrogens is 410 g/mol. The number of rotatable bonds is 16. The molecule has 0 aliphatic carbocycles. The van der Waals surface area contributed by atoms with Crippen molar-refractivity contribution < 1.29 is 0 Å². The van der Waals surface area contributed by atoms with Gasteiger partial charge in [-0.05, 0) is 17.5 Å². The number of hydrogen-bond acceptors (Lipinski definition) is 0. The highest BCUT2D eigenvalue weighted by molar-refractivity contribution is 14.0. The van der Waals surface area contributed by atoms with Crippen LogP contribution in [0.1, 0.15) is 124 Å². The Morgan fingerprint density at radius 3 is 1.26 bits per heavy atom. The minimum Gasteiger partial charge on any atom is -0.131 e. The van der Waals surface area contributed by atoms with E-state index in [1.165, 1.54) is 96.3 Å². The van der Waals surface area contributed by atoms with Crippen molar-refractivity contribution in [2.45, 2.75) is 129 Å². The summed E-state index contributed by atoms with van der Waals surface area (Å²) in [6.45, 7) is 9.37. The summed E-state index contributed by atoms with van der Waals surface area (Å²) < 4.78 is 0. The van der Waals surface area contributed by atoms with Crippen LogP contribution < -0.4 is 0 Å². The Bertz CT molecular complexity index is 222. The third kappa shape index (κ3) is 19.3. The van der Waals surface area contributed by atoms with E-state index in [2.05, 4.69) is 36.9 Å². The van der Waals surface area contributed by atoms with Gasteiger partial charge in [0.15, 0.2) is 0 Å². The molecule has 2 heteroatoms. The van der Waals surface area contributed by atoms with Crippen molar-refractivity contribution in [3.8, 4) is 0 Å². The molecule has 0 aromatic rings. The molecule has 2 unspecified atom stereocenters. The van der Waals surface area contributed by atoms with Gasteiger partial charge in [0, 0.05) is 0 Å². The molecule has 0 saturated heterocycles. The second kappa shape index (κ2) is 18.0. The van der Waals surface area contributed by atoms with Crippen LogP contribution in [-0.4, -0.2) is 5.16 Å². The summed E-state index contributed by atoms with van der Waals surface area (Å²) >= 11 is 0. The molecule has 0 saturated carbocycles. The normalized spacial score (nSPS) is 12.9. The predicted molar refractivity (Wildman–Crippen MR) is 123 cm³/mol. The molecule has 0 bridgehead atoms. The van der Waals surface area contributed by atoms with Crippen LogP contribution in [0.2, 0.25) is 0 Å². The number of unbranched alkanes of at least 4 members (excludes halogenated alkanes) is 13. The maximum Gasteiger partial charge on any atom is -0.0181 e. The molecule has 23 heavy (non-hydrogen) atoms. The Balaban J connectivity index is 0. The molecule has 0 aromatic heterocycles. The van der Waals surface area contributed by atoms with E-state index in [4.69, 9.17) is 0 Å². The highest BCUT2D eigenvalue weighted by atomic mass is 127. The lowest BCUT2D eigenvalue weighted by atomic mass is 9.91. The van der Waals surface area contributed by atoms with Gasteiger partial charge >= 0.3 is 0 Å². The summed E-state index contributed by atoms with van der Waals surface area (Å²) in [4.78, 5) is 0. The molecule has 0 N–H and O–H groups in total. The Hall–Kier alpha value is 1.16. The summed E-state index contributed by atoms with van der Waals surface area (Å²) in [6, 6.07) is 0. The Morgan fingerprint density at radius 1 is 0.652 bits per heavy atom. The fourth-order valence-corrected chi connectivity index (χ4v) is 3.18. The molecule has 0 amide bonds. The standard InChI is InChI=1S/C21H45P.HI/c1-5-6-7-8-9-10-11-12-13-14-15-16-17-18-19-20(2)21(3,4)22;/h20H,5-19,22H2,1-4H3;1H. The molecule has 0 spiro atoms. The molecule has 2 atom stereocenters. The summed E-state index contributed by atoms with van der Waals surface area (Å²) in [7, 11) is 3.00. The number of hydrogen-bond donors (Lipinski definition) is 0. The Kier molecular flexibility index (Phi) is 20.6. The van der Waals surface area contributed by atoms with Crippen molar-refractivity contribution in [2.75, 3.05) is 0 Å². The molecule has 0 aromatic carbocycles. The quantitative estimate of drug-likeness (QED) is 0.124. The van der Waals surface area contributed by atoms with Gasteiger partial charge in [0.25, 0.3) is 0 Å². The highest BCUT2D eigenvalue weighted by Crippen LogP contribution is 2.30. The fourth-order valence-electron chi connectivity index (χ4n) is 3.02. The molecule has 0 heterocycles. The van der Waals surface area contributed by atoms with Crippen LogP contribution in [0.5, 0.6) is 0 Å². The first-order valence-corrected chi connectivity index (χ1v) is 10.8. The number of halogens is 1. The second-order valence-corrected chi connectivity index (χ2v) is 9.60. The van der Waals surface area contributed by atoms with E-state index in [0.717, 1.165) is 5.92 Å². The average Bonchev–Trinajstić information content (AvgIpc) is 2.46. The van der Waals surface area contributed by atoms with Gasteiger partial charge in [-0.1, -0.05) is 118 Å². The first-order valence-electron chi connectivity index (χ1n) is 10.3. The fraction of sp³-hybridized carbons (Fsp3) is 1.00. The minimum atomic E-state index is 0. The first-order chi connectivity index (χ1) is 10.5. The molecule has 0 aliphatic heterocycles. The highest BCUT2D eigenvalue weighted by Gasteiger charge is 2.19. The van der Waals surface area contributed by atoms with E-state index in [1.807, 2.05) is 0 Å². The van der Waals surface area contributed by atoms with Crippen LogP contribution in [0.25, 0.3) is 0 Å². The zero-order valence-corrected chi connectivity index (χ0v) is 20.2. The summed E-state index contributed by atoms with van der Waals surface area (Å²) in [5.74, 6) is 0.829. The van der Waals surface area contributed by atoms with Gasteiger partial charge < -0.3 is 0 Å². The van der Waals surface area contributed by atoms with E-state index in [-0.39, 0.29) is 24.0 Å². The van der Waals surface area contributed by atoms with E-state index in [9.17, 15) is 0 Å². The van der Waals surface area contributed by atoms with E-state index >= 15 is 0 Å². The lowest BCUT2D eigenvalue weighted by Crippen LogP contribution is -2.20. The first kappa shape index (κ1) is 26.4. The Labute approximate surface area is 168 Å². The van der Waals surface area contributed by atoms with Crippen LogP contribution in [0.15, 0.2) is 0 Å². The zero-order valence-electron chi connectivity index (χ0n) is 16.7. The van der Waals surface area contributed by atoms with Gasteiger partial charge in [0.1, 0.15) is 0 Å². The van der Waals surface area contributed by atoms with Gasteiger partial charge in [-0.15, -0.1) is 33.2 Å². The maximum atomic E-state index is 3.00. The Morgan fingerprint density at radius 2 is 0.957 bits per heavy atom. The average molecular weight is 456 g/mol. The van der Waals surface area contributed by atoms with Gasteiger partial charge in [0.2, 0.25) is 0 Å². The third-order valence-corrected chi connectivity index (χ3v) is 5.83. The van der Waals surface area contributed by atoms with Crippen LogP contribution in [-0.2, 0) is 0 Å². The van der Waals surface area contributed by atoms with Gasteiger partial charge in [0.05, 0.1) is 0 Å². The van der Waals surface area contributed by atoms with Crippen molar-refractivity contribution in [3.63, 3.8) is 0 Å². The van der Waals surface area contributed by atoms with Gasteiger partial charge in [-0.25, -0.2) is 0 Å². The summed E-state index contributed by atoms with van der Waals surface area (Å²) in [6.07, 6.45) is 21.8. The van der Waals surface area contributed by atoms with Crippen LogP contribution >= 0.6 is 33.2 Å². The molecule has 142 valence electrons. The third-order valence-electron chi connectivity index (χ3n) is 5.26. The molecule has 0 nitrogen and oxygen atoms in total. The van der Waals surface area contributed by atoms with Crippen LogP contribution in [0.4, 0.5) is 0 Å². The summed E-state index contributed by atoms with van der Waals surface area (Å²) in [5, 5.41) is 0.413. The van der Waals surface area contributed by atoms with Gasteiger partial charge in [-0.2, -0.15) is 0 Å². The van der Waals surface area contributed by atoms with E-state index in [0.29, 0.717) is 5.16 Å². The van der Waals surface area contributed by atoms with E-state index < -0.39 is 0 Å². The largest absolute Gasteiger partial charge is 0.131 e. The van der Waals surface area contributed by atoms with E-state index in [1.54, 1.807) is 0 Å². The zero-order chi connectivity index (χ0) is 16.7. The second-order valence-electron chi connectivity index (χ2n) is 8.11. The lowest BCUT2D eigenvalue weighted by molar-refractivity contribution is 0.406. The minimum absolute atomic E-state index is 0. The summed E-state index contributed by atoms with van der Waals surface area (Å²) in [5.41, 5.74) is 0. The van der Waals surface area contributed by atoms with Crippen molar-refractivity contribution in [1.82, 2.24) is 0 Å². The van der Waals surface area contributed by atoms with Crippen molar-refractivity contribution in [2.24, 2.45) is 5.92 Å². The topological polar surface area (TPSA) is 0 Å². The van der Waals surface area contributed by atoms with Crippen molar-refractivity contribution in [1.29, 1.82) is 0 Å². The molecule has 0 aliphatic rings. The lowest BCUT2D eigenvalue weighted by Gasteiger charge is -2.26. The molecule has 0 fully saturated rings. The smallest absolute Gasteiger partial charge is 0.0181 e. The monoisotopic (exact) mass is 456 g/mol. The van der Waals surface area contributed by atoms with Crippen molar-refractivity contribution in [3.05, 3.63) is 0 Å². The molecular formula is C21H46IP. The maximum absolute atomic E-state index is 3.00. The van der Waals surface area contributed by atoms with Crippen LogP contribution in [0, 0.1) is 5.92 Å². The van der Waals surface area contributed by atoms with Gasteiger partial charge in [-0.3, -0.25) is 0 Å². The van der Waals surface area contributed by atoms with Crippen LogP contribution in [0.3, 0.4) is 0 Å². The molecule has 0 rings (SSSR count). The molecule has 0 radical (unpaired) electrons. The van der Waals surface area contributed by atoms with Crippen molar-refractivity contribution >= 4 is 33.2 Å². The predicted octanol–water partition coefficient (Wildman–Crippen LogP) is 8.77.